The zero-order chi connectivity index (χ0) is 22.5. The van der Waals surface area contributed by atoms with Crippen molar-refractivity contribution < 1.29 is 47.8 Å². The van der Waals surface area contributed by atoms with Crippen LogP contribution in [0.4, 0.5) is 9.59 Å². The van der Waals surface area contributed by atoms with Gasteiger partial charge >= 0.3 is 12.2 Å². The predicted molar refractivity (Wildman–Crippen MR) is 101 cm³/mol. The van der Waals surface area contributed by atoms with E-state index in [4.69, 9.17) is 18.9 Å². The summed E-state index contributed by atoms with van der Waals surface area (Å²) in [6.07, 6.45) is 0.142. The SMILES string of the molecule is CONC(=O)OCC(COC(=O)NOC)OCCCC(=O)NCCOCCCC=O. The molecular weight excluding hydrogens is 406 g/mol. The Morgan fingerprint density at radius 3 is 2.10 bits per heavy atom. The number of aldehydes is 1. The number of nitrogens with one attached hydrogen (secondary N) is 3. The molecule has 13 nitrogen and oxygen atoms in total. The minimum absolute atomic E-state index is 0.168. The number of hydrogen-bond acceptors (Lipinski definition) is 10. The Bertz CT molecular complexity index is 470. The van der Waals surface area contributed by atoms with Crippen molar-refractivity contribution in [2.45, 2.75) is 31.8 Å². The number of hydrogen-bond donors (Lipinski definition) is 3. The van der Waals surface area contributed by atoms with Crippen LogP contribution in [-0.4, -0.2) is 84.3 Å². The summed E-state index contributed by atoms with van der Waals surface area (Å²) in [4.78, 5) is 53.3. The van der Waals surface area contributed by atoms with E-state index in [1.165, 1.54) is 14.2 Å². The molecule has 0 saturated carbocycles. The lowest BCUT2D eigenvalue weighted by Gasteiger charge is -2.18. The van der Waals surface area contributed by atoms with E-state index in [2.05, 4.69) is 15.0 Å². The van der Waals surface area contributed by atoms with Crippen molar-refractivity contribution in [3.05, 3.63) is 0 Å². The number of ether oxygens (including phenoxy) is 4. The van der Waals surface area contributed by atoms with E-state index in [0.29, 0.717) is 39.0 Å². The third-order valence-electron chi connectivity index (χ3n) is 3.25. The van der Waals surface area contributed by atoms with Gasteiger partial charge in [-0.15, -0.1) is 0 Å². The van der Waals surface area contributed by atoms with Crippen LogP contribution in [0.5, 0.6) is 0 Å². The van der Waals surface area contributed by atoms with E-state index in [1.54, 1.807) is 0 Å². The standard InChI is InChI=1S/C17H31N3O10/c1-25-19-16(23)29-12-14(13-30-17(24)20-26-2)28-10-5-6-15(22)18-7-11-27-9-4-3-8-21/h8,14H,3-7,9-13H2,1-2H3,(H,18,22)(H,19,23)(H,20,24). The molecule has 0 saturated heterocycles. The molecule has 0 unspecified atom stereocenters. The topological polar surface area (TPSA) is 160 Å². The zero-order valence-corrected chi connectivity index (χ0v) is 17.3. The van der Waals surface area contributed by atoms with Gasteiger partial charge in [0.15, 0.2) is 0 Å². The van der Waals surface area contributed by atoms with E-state index in [9.17, 15) is 19.2 Å². The van der Waals surface area contributed by atoms with Crippen molar-refractivity contribution >= 4 is 24.4 Å². The lowest BCUT2D eigenvalue weighted by molar-refractivity contribution is -0.121. The molecule has 0 aliphatic carbocycles. The molecule has 0 atom stereocenters. The summed E-state index contributed by atoms with van der Waals surface area (Å²) in [7, 11) is 2.50. The Hall–Kier alpha value is -2.48. The highest BCUT2D eigenvalue weighted by Gasteiger charge is 2.16. The van der Waals surface area contributed by atoms with E-state index in [1.807, 2.05) is 11.0 Å². The van der Waals surface area contributed by atoms with Crippen LogP contribution in [0.1, 0.15) is 25.7 Å². The van der Waals surface area contributed by atoms with Gasteiger partial charge < -0.3 is 29.1 Å². The minimum atomic E-state index is -0.833. The Morgan fingerprint density at radius 2 is 1.53 bits per heavy atom. The largest absolute Gasteiger partial charge is 0.445 e. The van der Waals surface area contributed by atoms with Crippen molar-refractivity contribution in [1.82, 2.24) is 16.3 Å². The summed E-state index contributed by atoms with van der Waals surface area (Å²) in [5, 5.41) is 2.70. The van der Waals surface area contributed by atoms with Gasteiger partial charge in [0.25, 0.3) is 0 Å². The highest BCUT2D eigenvalue weighted by Crippen LogP contribution is 2.00. The summed E-state index contributed by atoms with van der Waals surface area (Å²) in [6.45, 7) is 0.967. The van der Waals surface area contributed by atoms with Crippen LogP contribution < -0.4 is 16.3 Å². The number of amides is 3. The fraction of sp³-hybridized carbons (Fsp3) is 0.765. The molecule has 174 valence electrons. The maximum atomic E-state index is 11.7. The summed E-state index contributed by atoms with van der Waals surface area (Å²) in [6, 6.07) is 0. The van der Waals surface area contributed by atoms with Crippen LogP contribution in [0.3, 0.4) is 0 Å². The van der Waals surface area contributed by atoms with E-state index in [-0.39, 0.29) is 32.1 Å². The van der Waals surface area contributed by atoms with Crippen molar-refractivity contribution in [3.8, 4) is 0 Å². The first-order chi connectivity index (χ1) is 14.5. The molecule has 30 heavy (non-hydrogen) atoms. The van der Waals surface area contributed by atoms with Gasteiger partial charge in [-0.1, -0.05) is 0 Å². The molecule has 3 N–H and O–H groups in total. The van der Waals surface area contributed by atoms with Crippen LogP contribution in [0.15, 0.2) is 0 Å². The molecule has 0 aromatic rings. The van der Waals surface area contributed by atoms with Crippen molar-refractivity contribution in [1.29, 1.82) is 0 Å². The van der Waals surface area contributed by atoms with Crippen molar-refractivity contribution in [3.63, 3.8) is 0 Å². The van der Waals surface area contributed by atoms with Crippen LogP contribution >= 0.6 is 0 Å². The smallest absolute Gasteiger partial charge is 0.431 e. The Balaban J connectivity index is 4.02. The first kappa shape index (κ1) is 27.5. The van der Waals surface area contributed by atoms with Gasteiger partial charge in [-0.3, -0.25) is 14.5 Å². The van der Waals surface area contributed by atoms with Crippen LogP contribution in [0.2, 0.25) is 0 Å². The first-order valence-electron chi connectivity index (χ1n) is 9.34. The van der Waals surface area contributed by atoms with E-state index in [0.717, 1.165) is 6.29 Å². The molecule has 0 aromatic heterocycles. The van der Waals surface area contributed by atoms with Gasteiger partial charge in [-0.25, -0.2) is 9.59 Å². The third kappa shape index (κ3) is 17.6. The van der Waals surface area contributed by atoms with Crippen LogP contribution in [-0.2, 0) is 38.2 Å². The second-order valence-corrected chi connectivity index (χ2v) is 5.68. The summed E-state index contributed by atoms with van der Waals surface area (Å²) in [5.41, 5.74) is 3.94. The average molecular weight is 437 g/mol. The van der Waals surface area contributed by atoms with Crippen LogP contribution in [0, 0.1) is 0 Å². The molecule has 0 aromatic carbocycles. The van der Waals surface area contributed by atoms with E-state index >= 15 is 0 Å². The number of carbonyl (C=O) groups is 4. The molecule has 0 spiro atoms. The molecule has 0 aliphatic heterocycles. The predicted octanol–water partition coefficient (Wildman–Crippen LogP) is -0.161. The summed E-state index contributed by atoms with van der Waals surface area (Å²) >= 11 is 0. The van der Waals surface area contributed by atoms with Crippen LogP contribution in [0.25, 0.3) is 0 Å². The number of carbonyl (C=O) groups excluding carboxylic acids is 4. The molecule has 0 heterocycles. The van der Waals surface area contributed by atoms with Gasteiger partial charge in [0.2, 0.25) is 5.91 Å². The zero-order valence-electron chi connectivity index (χ0n) is 17.3. The van der Waals surface area contributed by atoms with Gasteiger partial charge in [-0.2, -0.15) is 11.0 Å². The van der Waals surface area contributed by atoms with Gasteiger partial charge in [0.05, 0.1) is 20.8 Å². The summed E-state index contributed by atoms with van der Waals surface area (Å²) < 4.78 is 20.5. The Labute approximate surface area is 174 Å². The van der Waals surface area contributed by atoms with Gasteiger partial charge in [-0.05, 0) is 12.8 Å². The maximum Gasteiger partial charge on any atom is 0.431 e. The number of unbranched alkanes of at least 4 members (excludes halogenated alkanes) is 1. The fourth-order valence-corrected chi connectivity index (χ4v) is 1.91. The van der Waals surface area contributed by atoms with Crippen molar-refractivity contribution in [2.24, 2.45) is 0 Å². The third-order valence-corrected chi connectivity index (χ3v) is 3.25. The molecule has 0 fully saturated rings. The molecular formula is C17H31N3O10. The Morgan fingerprint density at radius 1 is 0.900 bits per heavy atom. The normalized spacial score (nSPS) is 10.4. The lowest BCUT2D eigenvalue weighted by atomic mass is 10.3. The van der Waals surface area contributed by atoms with E-state index < -0.39 is 18.3 Å². The quantitative estimate of drug-likeness (QED) is 0.149. The summed E-state index contributed by atoms with van der Waals surface area (Å²) in [5.74, 6) is -0.168. The maximum absolute atomic E-state index is 11.7. The van der Waals surface area contributed by atoms with Gasteiger partial charge in [0.1, 0.15) is 25.6 Å². The highest BCUT2D eigenvalue weighted by molar-refractivity contribution is 5.75. The molecule has 0 rings (SSSR count). The number of rotatable bonds is 18. The molecule has 0 aliphatic rings. The molecule has 0 radical (unpaired) electrons. The Kier molecular flexibility index (Phi) is 18.2. The van der Waals surface area contributed by atoms with Gasteiger partial charge in [0, 0.05) is 32.6 Å². The molecule has 3 amide bonds. The monoisotopic (exact) mass is 437 g/mol. The fourth-order valence-electron chi connectivity index (χ4n) is 1.91. The second-order valence-electron chi connectivity index (χ2n) is 5.68. The lowest BCUT2D eigenvalue weighted by Crippen LogP contribution is -2.34. The minimum Gasteiger partial charge on any atom is -0.445 e. The highest BCUT2D eigenvalue weighted by atomic mass is 16.7. The molecule has 0 bridgehead atoms. The number of hydroxylamine groups is 2. The first-order valence-corrected chi connectivity index (χ1v) is 9.34. The van der Waals surface area contributed by atoms with Crippen molar-refractivity contribution in [2.75, 3.05) is 53.8 Å². The molecule has 13 heteroatoms. The average Bonchev–Trinajstić information content (AvgIpc) is 2.72. The second kappa shape index (κ2) is 19.8.